The van der Waals surface area contributed by atoms with E-state index < -0.39 is 4.92 Å². The molecule has 0 spiro atoms. The number of hydrogen-bond acceptors (Lipinski definition) is 11. The van der Waals surface area contributed by atoms with E-state index in [-0.39, 0.29) is 5.69 Å². The van der Waals surface area contributed by atoms with Crippen LogP contribution in [-0.4, -0.2) is 130 Å². The van der Waals surface area contributed by atoms with Crippen LogP contribution in [0, 0.1) is 10.1 Å². The van der Waals surface area contributed by atoms with Crippen LogP contribution in [0.15, 0.2) is 24.3 Å². The van der Waals surface area contributed by atoms with Gasteiger partial charge in [0.15, 0.2) is 0 Å². The fourth-order valence-electron chi connectivity index (χ4n) is 2.55. The van der Waals surface area contributed by atoms with Gasteiger partial charge in [-0.2, -0.15) is 0 Å². The second kappa shape index (κ2) is 23.5. The van der Waals surface area contributed by atoms with Crippen molar-refractivity contribution < 1.29 is 42.8 Å². The highest BCUT2D eigenvalue weighted by Crippen LogP contribution is 2.17. The van der Waals surface area contributed by atoms with Crippen LogP contribution >= 0.6 is 0 Å². The molecule has 208 valence electrons. The van der Waals surface area contributed by atoms with Crippen molar-refractivity contribution in [1.82, 2.24) is 4.90 Å². The summed E-state index contributed by atoms with van der Waals surface area (Å²) in [6.45, 7) is 8.52. The highest BCUT2D eigenvalue weighted by molar-refractivity contribution is 5.35. The molecule has 0 saturated carbocycles. The Morgan fingerprint density at radius 1 is 0.583 bits per heavy atom. The first-order valence-electron chi connectivity index (χ1n) is 12.2. The van der Waals surface area contributed by atoms with Crippen LogP contribution in [0.3, 0.4) is 0 Å². The van der Waals surface area contributed by atoms with Gasteiger partial charge in [-0.25, -0.2) is 0 Å². The van der Waals surface area contributed by atoms with Crippen molar-refractivity contribution in [3.63, 3.8) is 0 Å². The SMILES string of the molecule is CN(C)CCOCCOCCOCCOCCOCCOCCOCCOc1ccc([N+](=O)[O-])cc1. The van der Waals surface area contributed by atoms with E-state index in [0.29, 0.717) is 105 Å². The van der Waals surface area contributed by atoms with Gasteiger partial charge in [0.25, 0.3) is 5.69 Å². The van der Waals surface area contributed by atoms with Crippen molar-refractivity contribution in [2.24, 2.45) is 0 Å². The van der Waals surface area contributed by atoms with Crippen LogP contribution in [0.4, 0.5) is 5.69 Å². The van der Waals surface area contributed by atoms with E-state index in [1.807, 2.05) is 14.1 Å². The maximum absolute atomic E-state index is 10.6. The number of likely N-dealkylation sites (N-methyl/N-ethyl adjacent to an activating group) is 1. The number of non-ortho nitro benzene ring substituents is 1. The van der Waals surface area contributed by atoms with Crippen molar-refractivity contribution in [2.75, 3.05) is 120 Å². The number of nitro groups is 1. The molecule has 1 rings (SSSR count). The lowest BCUT2D eigenvalue weighted by molar-refractivity contribution is -0.384. The van der Waals surface area contributed by atoms with Crippen molar-refractivity contribution in [3.05, 3.63) is 34.4 Å². The Balaban J connectivity index is 1.70. The molecule has 0 heterocycles. The van der Waals surface area contributed by atoms with Crippen LogP contribution in [0.5, 0.6) is 5.75 Å². The van der Waals surface area contributed by atoms with E-state index in [2.05, 4.69) is 4.90 Å². The van der Waals surface area contributed by atoms with E-state index >= 15 is 0 Å². The standard InChI is InChI=1S/C24H42N2O10/c1-25(2)7-8-29-9-10-30-11-12-31-13-14-32-15-16-33-17-18-34-19-20-35-21-22-36-24-5-3-23(4-6-24)26(27)28/h3-6H,7-22H2,1-2H3. The molecule has 0 N–H and O–H groups in total. The first-order valence-corrected chi connectivity index (χ1v) is 12.2. The fraction of sp³-hybridized carbons (Fsp3) is 0.750. The summed E-state index contributed by atoms with van der Waals surface area (Å²) < 4.78 is 43.5. The molecular formula is C24H42N2O10. The second-order valence-electron chi connectivity index (χ2n) is 7.69. The predicted octanol–water partition coefficient (Wildman–Crippen LogP) is 1.65. The summed E-state index contributed by atoms with van der Waals surface area (Å²) in [7, 11) is 4.03. The molecule has 0 aliphatic carbocycles. The van der Waals surface area contributed by atoms with Crippen LogP contribution in [-0.2, 0) is 33.2 Å². The average molecular weight is 519 g/mol. The molecule has 0 fully saturated rings. The summed E-state index contributed by atoms with van der Waals surface area (Å²) in [5, 5.41) is 10.6. The van der Waals surface area contributed by atoms with Crippen LogP contribution in [0.2, 0.25) is 0 Å². The molecule has 0 radical (unpaired) electrons. The smallest absolute Gasteiger partial charge is 0.269 e. The number of nitrogens with zero attached hydrogens (tertiary/aromatic N) is 2. The summed E-state index contributed by atoms with van der Waals surface area (Å²) in [5.41, 5.74) is 0.0307. The fourth-order valence-corrected chi connectivity index (χ4v) is 2.55. The first kappa shape index (κ1) is 32.1. The molecule has 1 aromatic rings. The third-order valence-corrected chi connectivity index (χ3v) is 4.46. The van der Waals surface area contributed by atoms with Crippen molar-refractivity contribution in [3.8, 4) is 5.75 Å². The van der Waals surface area contributed by atoms with E-state index in [0.717, 1.165) is 6.54 Å². The normalized spacial score (nSPS) is 11.3. The van der Waals surface area contributed by atoms with Crippen molar-refractivity contribution in [2.45, 2.75) is 0 Å². The Bertz CT molecular complexity index is 634. The topological polar surface area (TPSA) is 120 Å². The highest BCUT2D eigenvalue weighted by atomic mass is 16.6. The van der Waals surface area contributed by atoms with Gasteiger partial charge in [-0.15, -0.1) is 0 Å². The minimum atomic E-state index is -0.450. The number of hydrogen-bond donors (Lipinski definition) is 0. The van der Waals surface area contributed by atoms with Gasteiger partial charge in [-0.1, -0.05) is 0 Å². The van der Waals surface area contributed by atoms with Crippen LogP contribution < -0.4 is 4.74 Å². The molecule has 12 nitrogen and oxygen atoms in total. The molecule has 0 aliphatic rings. The summed E-state index contributed by atoms with van der Waals surface area (Å²) in [6.07, 6.45) is 0. The largest absolute Gasteiger partial charge is 0.491 e. The maximum Gasteiger partial charge on any atom is 0.269 e. The van der Waals surface area contributed by atoms with Gasteiger partial charge in [-0.3, -0.25) is 10.1 Å². The lowest BCUT2D eigenvalue weighted by Gasteiger charge is -2.10. The quantitative estimate of drug-likeness (QED) is 0.101. The lowest BCUT2D eigenvalue weighted by atomic mass is 10.3. The number of ether oxygens (including phenoxy) is 8. The Hall–Kier alpha value is -1.90. The minimum absolute atomic E-state index is 0.0307. The molecule has 0 unspecified atom stereocenters. The second-order valence-corrected chi connectivity index (χ2v) is 7.69. The Morgan fingerprint density at radius 2 is 0.917 bits per heavy atom. The summed E-state index contributed by atoms with van der Waals surface area (Å²) in [5.74, 6) is 0.562. The van der Waals surface area contributed by atoms with E-state index in [1.54, 1.807) is 12.1 Å². The van der Waals surface area contributed by atoms with Crippen LogP contribution in [0.25, 0.3) is 0 Å². The molecule has 1 aromatic carbocycles. The third-order valence-electron chi connectivity index (χ3n) is 4.46. The van der Waals surface area contributed by atoms with Gasteiger partial charge in [-0.05, 0) is 26.2 Å². The zero-order chi connectivity index (χ0) is 26.1. The number of benzene rings is 1. The number of rotatable bonds is 26. The van der Waals surface area contributed by atoms with Gasteiger partial charge in [0, 0.05) is 18.7 Å². The summed E-state index contributed by atoms with van der Waals surface area (Å²) in [4.78, 5) is 12.2. The number of nitro benzene ring substituents is 1. The van der Waals surface area contributed by atoms with Crippen molar-refractivity contribution >= 4 is 5.69 Å². The van der Waals surface area contributed by atoms with Crippen LogP contribution in [0.1, 0.15) is 0 Å². The molecular weight excluding hydrogens is 476 g/mol. The van der Waals surface area contributed by atoms with E-state index in [1.165, 1.54) is 12.1 Å². The average Bonchev–Trinajstić information content (AvgIpc) is 2.86. The Kier molecular flexibility index (Phi) is 21.0. The Morgan fingerprint density at radius 3 is 1.25 bits per heavy atom. The summed E-state index contributed by atoms with van der Waals surface area (Å²) >= 11 is 0. The van der Waals surface area contributed by atoms with E-state index in [9.17, 15) is 10.1 Å². The molecule has 0 amide bonds. The lowest BCUT2D eigenvalue weighted by Crippen LogP contribution is -2.19. The first-order chi connectivity index (χ1) is 17.6. The molecule has 36 heavy (non-hydrogen) atoms. The zero-order valence-corrected chi connectivity index (χ0v) is 21.6. The monoisotopic (exact) mass is 518 g/mol. The molecule has 12 heteroatoms. The summed E-state index contributed by atoms with van der Waals surface area (Å²) in [6, 6.07) is 5.92. The van der Waals surface area contributed by atoms with Gasteiger partial charge in [0.2, 0.25) is 0 Å². The molecule has 0 saturated heterocycles. The minimum Gasteiger partial charge on any atom is -0.491 e. The van der Waals surface area contributed by atoms with Gasteiger partial charge >= 0.3 is 0 Å². The highest BCUT2D eigenvalue weighted by Gasteiger charge is 2.04. The van der Waals surface area contributed by atoms with Gasteiger partial charge < -0.3 is 42.8 Å². The molecule has 0 atom stereocenters. The zero-order valence-electron chi connectivity index (χ0n) is 21.6. The Labute approximate surface area is 213 Å². The van der Waals surface area contributed by atoms with Gasteiger partial charge in [0.05, 0.1) is 97.4 Å². The van der Waals surface area contributed by atoms with Gasteiger partial charge in [0.1, 0.15) is 12.4 Å². The molecule has 0 bridgehead atoms. The maximum atomic E-state index is 10.6. The molecule has 0 aliphatic heterocycles. The van der Waals surface area contributed by atoms with E-state index in [4.69, 9.17) is 37.9 Å². The van der Waals surface area contributed by atoms with Crippen molar-refractivity contribution in [1.29, 1.82) is 0 Å². The third kappa shape index (κ3) is 20.3. The molecule has 0 aromatic heterocycles. The predicted molar refractivity (Wildman–Crippen MR) is 133 cm³/mol.